The zero-order valence-corrected chi connectivity index (χ0v) is 10.8. The van der Waals surface area contributed by atoms with Crippen LogP contribution < -0.4 is 5.73 Å². The zero-order valence-electron chi connectivity index (χ0n) is 10.8. The van der Waals surface area contributed by atoms with Crippen LogP contribution in [0.2, 0.25) is 0 Å². The van der Waals surface area contributed by atoms with Crippen molar-refractivity contribution in [3.63, 3.8) is 0 Å². The van der Waals surface area contributed by atoms with Crippen molar-refractivity contribution in [3.8, 4) is 0 Å². The number of nitrogen functional groups attached to an aromatic ring is 1. The number of hydrogen-bond donors (Lipinski definition) is 2. The predicted octanol–water partition coefficient (Wildman–Crippen LogP) is 1.17. The molecule has 19 heavy (non-hydrogen) atoms. The molecular weight excluding hydrogens is 240 g/mol. The van der Waals surface area contributed by atoms with Crippen LogP contribution in [-0.4, -0.2) is 39.2 Å². The predicted molar refractivity (Wildman–Crippen MR) is 74.5 cm³/mol. The minimum absolute atomic E-state index is 0.230. The van der Waals surface area contributed by atoms with Crippen molar-refractivity contribution in [1.29, 1.82) is 0 Å². The van der Waals surface area contributed by atoms with E-state index in [0.717, 1.165) is 36.1 Å². The summed E-state index contributed by atoms with van der Waals surface area (Å²) in [5.41, 5.74) is 6.85. The van der Waals surface area contributed by atoms with E-state index in [1.165, 1.54) is 0 Å². The Hall–Kier alpha value is -1.72. The van der Waals surface area contributed by atoms with Crippen molar-refractivity contribution in [3.05, 3.63) is 30.1 Å². The van der Waals surface area contributed by atoms with Crippen LogP contribution in [0.3, 0.4) is 0 Å². The Kier molecular flexibility index (Phi) is 3.31. The monoisotopic (exact) mass is 258 g/mol. The van der Waals surface area contributed by atoms with Gasteiger partial charge in [-0.15, -0.1) is 0 Å². The fraction of sp³-hybridized carbons (Fsp3) is 0.429. The molecule has 1 atom stereocenters. The highest BCUT2D eigenvalue weighted by Gasteiger charge is 2.18. The number of nitrogens with two attached hydrogens (primary N) is 1. The highest BCUT2D eigenvalue weighted by atomic mass is 16.3. The fourth-order valence-electron chi connectivity index (χ4n) is 2.60. The normalized spacial score (nSPS) is 20.8. The summed E-state index contributed by atoms with van der Waals surface area (Å²) < 4.78 is 0. The Morgan fingerprint density at radius 2 is 2.16 bits per heavy atom. The van der Waals surface area contributed by atoms with Crippen LogP contribution in [-0.2, 0) is 6.54 Å². The van der Waals surface area contributed by atoms with Crippen LogP contribution >= 0.6 is 0 Å². The summed E-state index contributed by atoms with van der Waals surface area (Å²) in [4.78, 5) is 11.1. The molecule has 0 bridgehead atoms. The number of β-amino-alcohol motifs (C(OH)–C–C–N with tert-alkyl or cyclic N) is 1. The minimum Gasteiger partial charge on any atom is -0.392 e. The summed E-state index contributed by atoms with van der Waals surface area (Å²) in [5, 5.41) is 10.6. The fourth-order valence-corrected chi connectivity index (χ4v) is 2.60. The third kappa shape index (κ3) is 2.67. The number of aromatic nitrogens is 2. The van der Waals surface area contributed by atoms with Crippen molar-refractivity contribution in [2.45, 2.75) is 25.5 Å². The van der Waals surface area contributed by atoms with E-state index in [4.69, 9.17) is 5.73 Å². The smallest absolute Gasteiger partial charge is 0.145 e. The average molecular weight is 258 g/mol. The van der Waals surface area contributed by atoms with Crippen LogP contribution in [0.5, 0.6) is 0 Å². The summed E-state index contributed by atoms with van der Waals surface area (Å²) in [7, 11) is 0. The average Bonchev–Trinajstić information content (AvgIpc) is 2.39. The second-order valence-electron chi connectivity index (χ2n) is 5.07. The lowest BCUT2D eigenvalue weighted by atomic mass is 10.1. The van der Waals surface area contributed by atoms with Gasteiger partial charge in [-0.25, -0.2) is 9.97 Å². The molecule has 0 spiro atoms. The first-order chi connectivity index (χ1) is 9.22. The molecule has 0 radical (unpaired) electrons. The van der Waals surface area contributed by atoms with Gasteiger partial charge < -0.3 is 10.8 Å². The number of benzene rings is 1. The largest absolute Gasteiger partial charge is 0.392 e. The second kappa shape index (κ2) is 5.11. The van der Waals surface area contributed by atoms with Crippen molar-refractivity contribution in [2.75, 3.05) is 18.8 Å². The van der Waals surface area contributed by atoms with E-state index in [1.807, 2.05) is 24.3 Å². The number of likely N-dealkylation sites (tertiary alicyclic amines) is 1. The first kappa shape index (κ1) is 12.3. The van der Waals surface area contributed by atoms with Gasteiger partial charge in [0.25, 0.3) is 0 Å². The molecule has 5 heteroatoms. The third-order valence-corrected chi connectivity index (χ3v) is 3.52. The molecular formula is C14H18N4O. The summed E-state index contributed by atoms with van der Waals surface area (Å²) in [5.74, 6) is 1.25. The van der Waals surface area contributed by atoms with E-state index in [9.17, 15) is 5.11 Å². The molecule has 0 amide bonds. The van der Waals surface area contributed by atoms with Gasteiger partial charge in [0, 0.05) is 11.9 Å². The van der Waals surface area contributed by atoms with Gasteiger partial charge in [-0.3, -0.25) is 4.90 Å². The van der Waals surface area contributed by atoms with Gasteiger partial charge in [0.1, 0.15) is 11.6 Å². The van der Waals surface area contributed by atoms with Crippen LogP contribution in [0.4, 0.5) is 5.82 Å². The maximum Gasteiger partial charge on any atom is 0.145 e. The van der Waals surface area contributed by atoms with Gasteiger partial charge in [-0.2, -0.15) is 0 Å². The first-order valence-corrected chi connectivity index (χ1v) is 6.64. The molecule has 100 valence electrons. The molecule has 3 rings (SSSR count). The SMILES string of the molecule is Nc1nc(CN2CCCC(O)C2)nc2ccccc12. The minimum atomic E-state index is -0.230. The number of hydrogen-bond acceptors (Lipinski definition) is 5. The molecule has 0 saturated carbocycles. The molecule has 5 nitrogen and oxygen atoms in total. The molecule has 1 saturated heterocycles. The van der Waals surface area contributed by atoms with Crippen molar-refractivity contribution < 1.29 is 5.11 Å². The Morgan fingerprint density at radius 1 is 1.32 bits per heavy atom. The van der Waals surface area contributed by atoms with Crippen LogP contribution in [0.15, 0.2) is 24.3 Å². The third-order valence-electron chi connectivity index (χ3n) is 3.52. The number of rotatable bonds is 2. The molecule has 1 fully saturated rings. The first-order valence-electron chi connectivity index (χ1n) is 6.64. The van der Waals surface area contributed by atoms with E-state index >= 15 is 0 Å². The van der Waals surface area contributed by atoms with E-state index in [2.05, 4.69) is 14.9 Å². The van der Waals surface area contributed by atoms with Gasteiger partial charge in [0.05, 0.1) is 18.2 Å². The van der Waals surface area contributed by atoms with Crippen LogP contribution in [0.25, 0.3) is 10.9 Å². The molecule has 1 aromatic heterocycles. The lowest BCUT2D eigenvalue weighted by Gasteiger charge is -2.29. The van der Waals surface area contributed by atoms with Crippen LogP contribution in [0, 0.1) is 0 Å². The molecule has 1 aromatic carbocycles. The Balaban J connectivity index is 1.85. The van der Waals surface area contributed by atoms with Gasteiger partial charge in [0.2, 0.25) is 0 Å². The van der Waals surface area contributed by atoms with E-state index < -0.39 is 0 Å². The standard InChI is InChI=1S/C14H18N4O/c15-14-11-5-1-2-6-12(11)16-13(17-14)9-18-7-3-4-10(19)8-18/h1-2,5-6,10,19H,3-4,7-9H2,(H2,15,16,17). The molecule has 1 aliphatic heterocycles. The van der Waals surface area contributed by atoms with E-state index in [1.54, 1.807) is 0 Å². The quantitative estimate of drug-likeness (QED) is 0.845. The number of piperidine rings is 1. The van der Waals surface area contributed by atoms with Crippen molar-refractivity contribution >= 4 is 16.7 Å². The molecule has 1 aliphatic rings. The molecule has 1 unspecified atom stereocenters. The lowest BCUT2D eigenvalue weighted by Crippen LogP contribution is -2.38. The number of para-hydroxylation sites is 1. The molecule has 2 aromatic rings. The second-order valence-corrected chi connectivity index (χ2v) is 5.07. The molecule has 3 N–H and O–H groups in total. The summed E-state index contributed by atoms with van der Waals surface area (Å²) in [6, 6.07) is 7.76. The lowest BCUT2D eigenvalue weighted by molar-refractivity contribution is 0.0656. The van der Waals surface area contributed by atoms with E-state index in [-0.39, 0.29) is 6.10 Å². The summed E-state index contributed by atoms with van der Waals surface area (Å²) >= 11 is 0. The van der Waals surface area contributed by atoms with Gasteiger partial charge in [-0.05, 0) is 31.5 Å². The van der Waals surface area contributed by atoms with Crippen molar-refractivity contribution in [2.24, 2.45) is 0 Å². The van der Waals surface area contributed by atoms with E-state index in [0.29, 0.717) is 18.9 Å². The summed E-state index contributed by atoms with van der Waals surface area (Å²) in [6.45, 7) is 2.31. The number of fused-ring (bicyclic) bond motifs is 1. The Morgan fingerprint density at radius 3 is 3.00 bits per heavy atom. The number of nitrogens with zero attached hydrogens (tertiary/aromatic N) is 3. The maximum absolute atomic E-state index is 9.68. The topological polar surface area (TPSA) is 75.3 Å². The molecule has 2 heterocycles. The Labute approximate surface area is 112 Å². The van der Waals surface area contributed by atoms with Gasteiger partial charge >= 0.3 is 0 Å². The number of aliphatic hydroxyl groups is 1. The van der Waals surface area contributed by atoms with Crippen LogP contribution in [0.1, 0.15) is 18.7 Å². The summed E-state index contributed by atoms with van der Waals surface area (Å²) in [6.07, 6.45) is 1.67. The number of anilines is 1. The zero-order chi connectivity index (χ0) is 13.2. The maximum atomic E-state index is 9.68. The Bertz CT molecular complexity index is 587. The van der Waals surface area contributed by atoms with Crippen molar-refractivity contribution in [1.82, 2.24) is 14.9 Å². The number of aliphatic hydroxyl groups excluding tert-OH is 1. The van der Waals surface area contributed by atoms with Gasteiger partial charge in [-0.1, -0.05) is 12.1 Å². The molecule has 0 aliphatic carbocycles. The van der Waals surface area contributed by atoms with Gasteiger partial charge in [0.15, 0.2) is 0 Å². The highest BCUT2D eigenvalue weighted by molar-refractivity contribution is 5.87. The highest BCUT2D eigenvalue weighted by Crippen LogP contribution is 2.18.